The Morgan fingerprint density at radius 2 is 1.69 bits per heavy atom. The Hall–Kier alpha value is -2.44. The largest absolute Gasteiger partial charge is 0.365 e. The molecule has 0 bridgehead atoms. The first-order valence-electron chi connectivity index (χ1n) is 7.50. The molecule has 0 saturated heterocycles. The quantitative estimate of drug-likeness (QED) is 0.667. The summed E-state index contributed by atoms with van der Waals surface area (Å²) in [6.07, 6.45) is -2.93. The van der Waals surface area contributed by atoms with Crippen molar-refractivity contribution in [2.75, 3.05) is 0 Å². The molecule has 2 N–H and O–H groups in total. The molecule has 8 heteroatoms. The number of aryl methyl sites for hydroxylation is 1. The van der Waals surface area contributed by atoms with Crippen molar-refractivity contribution in [3.8, 4) is 22.4 Å². The lowest BCUT2D eigenvalue weighted by atomic mass is 9.95. The summed E-state index contributed by atoms with van der Waals surface area (Å²) in [5.41, 5.74) is 6.48. The van der Waals surface area contributed by atoms with E-state index in [1.54, 1.807) is 42.5 Å². The molecule has 0 atom stereocenters. The Kier molecular flexibility index (Phi) is 4.98. The van der Waals surface area contributed by atoms with Gasteiger partial charge in [-0.25, -0.2) is 8.78 Å². The van der Waals surface area contributed by atoms with Crippen molar-refractivity contribution in [1.29, 1.82) is 0 Å². The second-order valence-electron chi connectivity index (χ2n) is 5.60. The summed E-state index contributed by atoms with van der Waals surface area (Å²) in [5.74, 6) is -0.970. The van der Waals surface area contributed by atoms with Crippen molar-refractivity contribution in [1.82, 2.24) is 9.78 Å². The Morgan fingerprint density at radius 3 is 2.23 bits per heavy atom. The molecule has 26 heavy (non-hydrogen) atoms. The Labute approximate surface area is 158 Å². The van der Waals surface area contributed by atoms with Crippen LogP contribution in [0.4, 0.5) is 8.78 Å². The van der Waals surface area contributed by atoms with E-state index < -0.39 is 18.0 Å². The maximum atomic E-state index is 13.3. The fourth-order valence-electron chi connectivity index (χ4n) is 2.90. The van der Waals surface area contributed by atoms with Crippen LogP contribution in [-0.4, -0.2) is 15.7 Å². The van der Waals surface area contributed by atoms with Gasteiger partial charge in [0.25, 0.3) is 12.3 Å². The summed E-state index contributed by atoms with van der Waals surface area (Å²) in [7, 11) is 1.48. The highest BCUT2D eigenvalue weighted by molar-refractivity contribution is 6.35. The molecule has 4 nitrogen and oxygen atoms in total. The van der Waals surface area contributed by atoms with Gasteiger partial charge in [0.15, 0.2) is 0 Å². The van der Waals surface area contributed by atoms with Gasteiger partial charge >= 0.3 is 0 Å². The van der Waals surface area contributed by atoms with Gasteiger partial charge in [-0.3, -0.25) is 9.48 Å². The number of carbonyl (C=O) groups excluding carboxylic acids is 1. The second-order valence-corrected chi connectivity index (χ2v) is 6.47. The van der Waals surface area contributed by atoms with Gasteiger partial charge in [-0.05, 0) is 29.3 Å². The van der Waals surface area contributed by atoms with Crippen LogP contribution in [0.15, 0.2) is 42.5 Å². The van der Waals surface area contributed by atoms with Gasteiger partial charge in [-0.1, -0.05) is 47.5 Å². The van der Waals surface area contributed by atoms with Gasteiger partial charge < -0.3 is 5.73 Å². The van der Waals surface area contributed by atoms with Crippen LogP contribution in [0.25, 0.3) is 22.4 Å². The Morgan fingerprint density at radius 1 is 1.12 bits per heavy atom. The Balaban J connectivity index is 2.32. The number of hydrogen-bond acceptors (Lipinski definition) is 2. The average Bonchev–Trinajstić information content (AvgIpc) is 2.91. The van der Waals surface area contributed by atoms with E-state index in [0.29, 0.717) is 26.7 Å². The van der Waals surface area contributed by atoms with Crippen molar-refractivity contribution >= 4 is 29.1 Å². The third-order valence-corrected chi connectivity index (χ3v) is 4.32. The summed E-state index contributed by atoms with van der Waals surface area (Å²) in [6.45, 7) is 0. The number of nitrogens with two attached hydrogens (primary N) is 1. The molecule has 1 aromatic heterocycles. The standard InChI is InChI=1S/C18H13Cl2F2N3O/c1-25-16(14(18(23)26)15(24-25)17(21)22)13-5-3-2-4-12(13)9-6-10(19)8-11(20)7-9/h2-8,17H,1H3,(H2,23,26). The first kappa shape index (κ1) is 18.4. The predicted molar refractivity (Wildman–Crippen MR) is 97.6 cm³/mol. The number of benzene rings is 2. The SMILES string of the molecule is Cn1nc(C(F)F)c(C(N)=O)c1-c1ccccc1-c1cc(Cl)cc(Cl)c1. The van der Waals surface area contributed by atoms with E-state index in [1.165, 1.54) is 11.7 Å². The third-order valence-electron chi connectivity index (χ3n) is 3.88. The highest BCUT2D eigenvalue weighted by atomic mass is 35.5. The van der Waals surface area contributed by atoms with Crippen molar-refractivity contribution in [3.05, 3.63) is 63.8 Å². The van der Waals surface area contributed by atoms with Gasteiger partial charge in [0.05, 0.1) is 11.3 Å². The van der Waals surface area contributed by atoms with Gasteiger partial charge in [0, 0.05) is 22.7 Å². The van der Waals surface area contributed by atoms with E-state index >= 15 is 0 Å². The summed E-state index contributed by atoms with van der Waals surface area (Å²) < 4.78 is 27.8. The minimum Gasteiger partial charge on any atom is -0.365 e. The minimum atomic E-state index is -2.93. The zero-order valence-electron chi connectivity index (χ0n) is 13.5. The highest BCUT2D eigenvalue weighted by Gasteiger charge is 2.28. The van der Waals surface area contributed by atoms with Crippen LogP contribution in [0.3, 0.4) is 0 Å². The van der Waals surface area contributed by atoms with Crippen LogP contribution < -0.4 is 5.73 Å². The van der Waals surface area contributed by atoms with Gasteiger partial charge in [0.1, 0.15) is 5.69 Å². The molecule has 0 aliphatic heterocycles. The van der Waals surface area contributed by atoms with Crippen LogP contribution >= 0.6 is 23.2 Å². The molecule has 3 aromatic rings. The number of rotatable bonds is 4. The maximum Gasteiger partial charge on any atom is 0.282 e. The zero-order valence-corrected chi connectivity index (χ0v) is 15.0. The number of carbonyl (C=O) groups is 1. The van der Waals surface area contributed by atoms with Gasteiger partial charge in [0.2, 0.25) is 0 Å². The van der Waals surface area contributed by atoms with E-state index in [1.807, 2.05) is 0 Å². The number of nitrogens with zero attached hydrogens (tertiary/aromatic N) is 2. The molecule has 0 unspecified atom stereocenters. The van der Waals surface area contributed by atoms with E-state index in [4.69, 9.17) is 28.9 Å². The first-order chi connectivity index (χ1) is 12.3. The minimum absolute atomic E-state index is 0.208. The van der Waals surface area contributed by atoms with Crippen LogP contribution in [-0.2, 0) is 7.05 Å². The summed E-state index contributed by atoms with van der Waals surface area (Å²) >= 11 is 12.2. The van der Waals surface area contributed by atoms with Crippen molar-refractivity contribution in [3.63, 3.8) is 0 Å². The van der Waals surface area contributed by atoms with Crippen molar-refractivity contribution in [2.45, 2.75) is 6.43 Å². The summed E-state index contributed by atoms with van der Waals surface area (Å²) in [6, 6.07) is 12.0. The number of alkyl halides is 2. The number of aromatic nitrogens is 2. The number of primary amides is 1. The fourth-order valence-corrected chi connectivity index (χ4v) is 3.43. The number of amides is 1. The van der Waals surface area contributed by atoms with Gasteiger partial charge in [-0.15, -0.1) is 0 Å². The highest BCUT2D eigenvalue weighted by Crippen LogP contribution is 2.38. The predicted octanol–water partition coefficient (Wildman–Crippen LogP) is 5.10. The lowest BCUT2D eigenvalue weighted by molar-refractivity contribution is 0.0985. The molecule has 0 spiro atoms. The lowest BCUT2D eigenvalue weighted by Gasteiger charge is -2.12. The van der Waals surface area contributed by atoms with Crippen molar-refractivity contribution in [2.24, 2.45) is 12.8 Å². The summed E-state index contributed by atoms with van der Waals surface area (Å²) in [4.78, 5) is 11.9. The first-order valence-corrected chi connectivity index (χ1v) is 8.26. The van der Waals surface area contributed by atoms with E-state index in [2.05, 4.69) is 5.10 Å². The second kappa shape index (κ2) is 7.05. The molecular formula is C18H13Cl2F2N3O. The number of hydrogen-bond donors (Lipinski definition) is 1. The normalized spacial score (nSPS) is 11.2. The smallest absolute Gasteiger partial charge is 0.282 e. The summed E-state index contributed by atoms with van der Waals surface area (Å²) in [5, 5.41) is 4.64. The molecule has 0 saturated carbocycles. The molecule has 1 amide bonds. The molecule has 2 aromatic carbocycles. The molecular weight excluding hydrogens is 383 g/mol. The average molecular weight is 396 g/mol. The monoisotopic (exact) mass is 395 g/mol. The molecule has 3 rings (SSSR count). The van der Waals surface area contributed by atoms with E-state index in [9.17, 15) is 13.6 Å². The van der Waals surface area contributed by atoms with Crippen LogP contribution in [0.2, 0.25) is 10.0 Å². The topological polar surface area (TPSA) is 60.9 Å². The van der Waals surface area contributed by atoms with E-state index in [0.717, 1.165) is 0 Å². The lowest BCUT2D eigenvalue weighted by Crippen LogP contribution is -2.14. The number of halogens is 4. The molecule has 134 valence electrons. The Bertz CT molecular complexity index is 982. The molecule has 1 heterocycles. The van der Waals surface area contributed by atoms with Crippen molar-refractivity contribution < 1.29 is 13.6 Å². The van der Waals surface area contributed by atoms with Crippen LogP contribution in [0.5, 0.6) is 0 Å². The van der Waals surface area contributed by atoms with E-state index in [-0.39, 0.29) is 11.3 Å². The van der Waals surface area contributed by atoms with Gasteiger partial charge in [-0.2, -0.15) is 5.10 Å². The molecule has 0 aliphatic rings. The molecule has 0 aliphatic carbocycles. The zero-order chi connectivity index (χ0) is 19.0. The third kappa shape index (κ3) is 3.30. The molecule has 0 fully saturated rings. The molecule has 0 radical (unpaired) electrons. The van der Waals surface area contributed by atoms with Crippen LogP contribution in [0.1, 0.15) is 22.5 Å². The maximum absolute atomic E-state index is 13.3. The fraction of sp³-hybridized carbons (Fsp3) is 0.111. The van der Waals surface area contributed by atoms with Crippen LogP contribution in [0, 0.1) is 0 Å².